The molecule has 0 aliphatic heterocycles. The predicted octanol–water partition coefficient (Wildman–Crippen LogP) is 4.84. The highest BCUT2D eigenvalue weighted by Crippen LogP contribution is 2.44. The van der Waals surface area contributed by atoms with Crippen LogP contribution in [-0.4, -0.2) is 21.3 Å². The third-order valence-electron chi connectivity index (χ3n) is 4.08. The summed E-state index contributed by atoms with van der Waals surface area (Å²) in [6.45, 7) is 2.05. The second-order valence-corrected chi connectivity index (χ2v) is 5.36. The molecule has 0 aromatic heterocycles. The quantitative estimate of drug-likeness (QED) is 0.690. The van der Waals surface area contributed by atoms with Crippen molar-refractivity contribution in [1.82, 2.24) is 0 Å². The summed E-state index contributed by atoms with van der Waals surface area (Å²) >= 11 is 0. The van der Waals surface area contributed by atoms with Crippen LogP contribution in [0.3, 0.4) is 0 Å². The molecule has 0 N–H and O–H groups in total. The minimum Gasteiger partial charge on any atom is -0.496 e. The van der Waals surface area contributed by atoms with E-state index in [4.69, 9.17) is 14.2 Å². The number of aryl methyl sites for hydroxylation is 1. The van der Waals surface area contributed by atoms with Gasteiger partial charge in [0.1, 0.15) is 17.2 Å². The van der Waals surface area contributed by atoms with Crippen molar-refractivity contribution in [3.8, 4) is 28.4 Å². The zero-order chi connectivity index (χ0) is 16.4. The van der Waals surface area contributed by atoms with Crippen molar-refractivity contribution in [2.45, 2.75) is 6.92 Å². The molecule has 0 heterocycles. The molecule has 3 heteroatoms. The van der Waals surface area contributed by atoms with Gasteiger partial charge < -0.3 is 14.2 Å². The number of methoxy groups -OCH3 is 3. The van der Waals surface area contributed by atoms with E-state index in [0.29, 0.717) is 0 Å². The lowest BCUT2D eigenvalue weighted by molar-refractivity contribution is 0.413. The van der Waals surface area contributed by atoms with Crippen molar-refractivity contribution in [3.05, 3.63) is 54.1 Å². The fourth-order valence-corrected chi connectivity index (χ4v) is 3.09. The summed E-state index contributed by atoms with van der Waals surface area (Å²) < 4.78 is 16.8. The molecule has 0 saturated carbocycles. The first-order chi connectivity index (χ1) is 11.2. The molecule has 23 heavy (non-hydrogen) atoms. The highest BCUT2D eigenvalue weighted by molar-refractivity contribution is 6.05. The Labute approximate surface area is 136 Å². The molecular formula is C20H20O3. The van der Waals surface area contributed by atoms with Crippen LogP contribution in [0.25, 0.3) is 21.9 Å². The highest BCUT2D eigenvalue weighted by Gasteiger charge is 2.17. The topological polar surface area (TPSA) is 27.7 Å². The minimum absolute atomic E-state index is 0.821. The number of hydrogen-bond acceptors (Lipinski definition) is 3. The van der Waals surface area contributed by atoms with E-state index in [2.05, 4.69) is 25.1 Å². The van der Waals surface area contributed by atoms with Crippen molar-refractivity contribution in [2.24, 2.45) is 0 Å². The Morgan fingerprint density at radius 1 is 0.696 bits per heavy atom. The summed E-state index contributed by atoms with van der Waals surface area (Å²) in [6, 6.07) is 16.1. The number of rotatable bonds is 4. The van der Waals surface area contributed by atoms with E-state index in [1.807, 2.05) is 30.3 Å². The summed E-state index contributed by atoms with van der Waals surface area (Å²) in [7, 11) is 5.08. The Kier molecular flexibility index (Phi) is 4.11. The van der Waals surface area contributed by atoms with Crippen molar-refractivity contribution < 1.29 is 14.2 Å². The van der Waals surface area contributed by atoms with Crippen LogP contribution >= 0.6 is 0 Å². The van der Waals surface area contributed by atoms with Crippen LogP contribution in [0.15, 0.2) is 48.5 Å². The van der Waals surface area contributed by atoms with Crippen LogP contribution in [-0.2, 0) is 0 Å². The maximum atomic E-state index is 5.62. The van der Waals surface area contributed by atoms with E-state index in [1.54, 1.807) is 21.3 Å². The third kappa shape index (κ3) is 2.48. The van der Waals surface area contributed by atoms with Gasteiger partial charge in [-0.05, 0) is 36.2 Å². The lowest BCUT2D eigenvalue weighted by Crippen LogP contribution is -1.95. The summed E-state index contributed by atoms with van der Waals surface area (Å²) in [6.07, 6.45) is 0. The molecule has 3 aromatic carbocycles. The van der Waals surface area contributed by atoms with Crippen molar-refractivity contribution in [2.75, 3.05) is 21.3 Å². The van der Waals surface area contributed by atoms with Crippen LogP contribution in [0, 0.1) is 6.92 Å². The molecule has 0 aliphatic carbocycles. The van der Waals surface area contributed by atoms with E-state index >= 15 is 0 Å². The minimum atomic E-state index is 0.821. The maximum Gasteiger partial charge on any atom is 0.129 e. The van der Waals surface area contributed by atoms with Crippen molar-refractivity contribution in [1.29, 1.82) is 0 Å². The number of fused-ring (bicyclic) bond motifs is 1. The largest absolute Gasteiger partial charge is 0.496 e. The van der Waals surface area contributed by atoms with Gasteiger partial charge in [0.2, 0.25) is 0 Å². The Morgan fingerprint density at radius 3 is 2.09 bits per heavy atom. The summed E-state index contributed by atoms with van der Waals surface area (Å²) in [5.41, 5.74) is 3.19. The van der Waals surface area contributed by atoms with Crippen LogP contribution < -0.4 is 14.2 Å². The van der Waals surface area contributed by atoms with Crippen molar-refractivity contribution in [3.63, 3.8) is 0 Å². The lowest BCUT2D eigenvalue weighted by atomic mass is 9.94. The smallest absolute Gasteiger partial charge is 0.129 e. The van der Waals surface area contributed by atoms with Crippen LogP contribution in [0.5, 0.6) is 17.2 Å². The van der Waals surface area contributed by atoms with Gasteiger partial charge in [-0.2, -0.15) is 0 Å². The van der Waals surface area contributed by atoms with Gasteiger partial charge in [-0.15, -0.1) is 0 Å². The average molecular weight is 308 g/mol. The third-order valence-corrected chi connectivity index (χ3v) is 4.08. The zero-order valence-corrected chi connectivity index (χ0v) is 13.8. The van der Waals surface area contributed by atoms with Gasteiger partial charge in [-0.3, -0.25) is 0 Å². The number of para-hydroxylation sites is 1. The van der Waals surface area contributed by atoms with Gasteiger partial charge in [-0.1, -0.05) is 30.3 Å². The standard InChI is InChI=1S/C20H20O3/c1-13-12-16(14-8-5-6-10-17(14)21-2)19-15(20(13)23-4)9-7-11-18(19)22-3/h5-12H,1-4H3. The molecule has 118 valence electrons. The summed E-state index contributed by atoms with van der Waals surface area (Å²) in [5, 5.41) is 2.06. The number of ether oxygens (including phenoxy) is 3. The Bertz CT molecular complexity index is 853. The first-order valence-electron chi connectivity index (χ1n) is 7.49. The van der Waals surface area contributed by atoms with Gasteiger partial charge in [0.25, 0.3) is 0 Å². The Hall–Kier alpha value is -2.68. The van der Waals surface area contributed by atoms with E-state index in [-0.39, 0.29) is 0 Å². The van der Waals surface area contributed by atoms with Gasteiger partial charge in [0.15, 0.2) is 0 Å². The molecule has 0 unspecified atom stereocenters. The molecule has 0 fully saturated rings. The fraction of sp³-hybridized carbons (Fsp3) is 0.200. The SMILES string of the molecule is COc1ccccc1-c1cc(C)c(OC)c2cccc(OC)c12. The van der Waals surface area contributed by atoms with Gasteiger partial charge in [-0.25, -0.2) is 0 Å². The molecule has 0 atom stereocenters. The Balaban J connectivity index is 2.46. The van der Waals surface area contributed by atoms with Gasteiger partial charge in [0, 0.05) is 16.3 Å². The second kappa shape index (κ2) is 6.21. The average Bonchev–Trinajstić information content (AvgIpc) is 2.60. The number of benzene rings is 3. The first-order valence-corrected chi connectivity index (χ1v) is 7.49. The molecule has 0 aliphatic rings. The fourth-order valence-electron chi connectivity index (χ4n) is 3.09. The molecule has 0 spiro atoms. The molecule has 0 saturated heterocycles. The summed E-state index contributed by atoms with van der Waals surface area (Å²) in [5.74, 6) is 2.53. The van der Waals surface area contributed by atoms with Crippen LogP contribution in [0.1, 0.15) is 5.56 Å². The summed E-state index contributed by atoms with van der Waals surface area (Å²) in [4.78, 5) is 0. The van der Waals surface area contributed by atoms with Crippen LogP contribution in [0.2, 0.25) is 0 Å². The normalized spacial score (nSPS) is 10.6. The highest BCUT2D eigenvalue weighted by atomic mass is 16.5. The monoisotopic (exact) mass is 308 g/mol. The van der Waals surface area contributed by atoms with E-state index in [0.717, 1.165) is 44.7 Å². The molecule has 0 radical (unpaired) electrons. The molecule has 3 rings (SSSR count). The molecule has 3 nitrogen and oxygen atoms in total. The lowest BCUT2D eigenvalue weighted by Gasteiger charge is -2.17. The molecule has 0 amide bonds. The molecular weight excluding hydrogens is 288 g/mol. The predicted molar refractivity (Wildman–Crippen MR) is 93.8 cm³/mol. The number of hydrogen-bond donors (Lipinski definition) is 0. The van der Waals surface area contributed by atoms with Crippen molar-refractivity contribution >= 4 is 10.8 Å². The van der Waals surface area contributed by atoms with Crippen LogP contribution in [0.4, 0.5) is 0 Å². The van der Waals surface area contributed by atoms with E-state index < -0.39 is 0 Å². The van der Waals surface area contributed by atoms with E-state index in [1.165, 1.54) is 0 Å². The molecule has 3 aromatic rings. The maximum absolute atomic E-state index is 5.62. The van der Waals surface area contributed by atoms with Gasteiger partial charge >= 0.3 is 0 Å². The molecule has 0 bridgehead atoms. The first kappa shape index (κ1) is 15.2. The zero-order valence-electron chi connectivity index (χ0n) is 13.8. The second-order valence-electron chi connectivity index (χ2n) is 5.36. The van der Waals surface area contributed by atoms with E-state index in [9.17, 15) is 0 Å². The Morgan fingerprint density at radius 2 is 1.39 bits per heavy atom. The van der Waals surface area contributed by atoms with Gasteiger partial charge in [0.05, 0.1) is 21.3 Å².